The third kappa shape index (κ3) is 4.24. The van der Waals surface area contributed by atoms with E-state index in [1.54, 1.807) is 6.20 Å². The first kappa shape index (κ1) is 17.6. The van der Waals surface area contributed by atoms with Gasteiger partial charge in [-0.15, -0.1) is 0 Å². The highest BCUT2D eigenvalue weighted by Gasteiger charge is 2.32. The summed E-state index contributed by atoms with van der Waals surface area (Å²) in [6.07, 6.45) is 4.33. The van der Waals surface area contributed by atoms with Crippen molar-refractivity contribution >= 4 is 5.91 Å². The molecule has 25 heavy (non-hydrogen) atoms. The van der Waals surface area contributed by atoms with Gasteiger partial charge in [0.25, 0.3) is 0 Å². The molecule has 1 amide bonds. The molecule has 7 nitrogen and oxygen atoms in total. The van der Waals surface area contributed by atoms with E-state index in [1.807, 2.05) is 60.0 Å². The molecule has 0 aromatic carbocycles. The number of aromatic nitrogens is 3. The lowest BCUT2D eigenvalue weighted by Gasteiger charge is -2.36. The van der Waals surface area contributed by atoms with Crippen LogP contribution in [-0.4, -0.2) is 63.5 Å². The smallest absolute Gasteiger partial charge is 0.237 e. The van der Waals surface area contributed by atoms with Gasteiger partial charge in [0.05, 0.1) is 50.1 Å². The SMILES string of the molecule is CN(C)CC(=O)N1Cc2ncn(C)c2CC1COCc1ccccn1. The van der Waals surface area contributed by atoms with Gasteiger partial charge in [-0.3, -0.25) is 9.78 Å². The summed E-state index contributed by atoms with van der Waals surface area (Å²) in [7, 11) is 5.80. The molecular formula is C18H25N5O2. The van der Waals surface area contributed by atoms with Crippen LogP contribution in [0.5, 0.6) is 0 Å². The normalized spacial score (nSPS) is 17.0. The lowest BCUT2D eigenvalue weighted by molar-refractivity contribution is -0.137. The first-order valence-corrected chi connectivity index (χ1v) is 8.45. The Balaban J connectivity index is 1.68. The largest absolute Gasteiger partial charge is 0.373 e. The summed E-state index contributed by atoms with van der Waals surface area (Å²) in [5.74, 6) is 0.104. The standard InChI is InChI=1S/C18H25N5O2/c1-21(2)10-18(24)23-9-16-17(22(3)13-20-16)8-15(23)12-25-11-14-6-4-5-7-19-14/h4-7,13,15H,8-12H2,1-3H3. The molecule has 1 unspecified atom stereocenters. The molecule has 1 aliphatic rings. The predicted molar refractivity (Wildman–Crippen MR) is 93.7 cm³/mol. The highest BCUT2D eigenvalue weighted by atomic mass is 16.5. The molecule has 0 saturated heterocycles. The Kier molecular flexibility index (Phi) is 5.45. The van der Waals surface area contributed by atoms with Crippen LogP contribution in [0, 0.1) is 0 Å². The van der Waals surface area contributed by atoms with E-state index in [2.05, 4.69) is 9.97 Å². The summed E-state index contributed by atoms with van der Waals surface area (Å²) in [5.41, 5.74) is 3.06. The summed E-state index contributed by atoms with van der Waals surface area (Å²) in [4.78, 5) is 25.1. The molecule has 0 aliphatic carbocycles. The second-order valence-electron chi connectivity index (χ2n) is 6.70. The van der Waals surface area contributed by atoms with Crippen LogP contribution in [-0.2, 0) is 36.2 Å². The molecule has 0 radical (unpaired) electrons. The Hall–Kier alpha value is -2.25. The van der Waals surface area contributed by atoms with Crippen LogP contribution in [0.3, 0.4) is 0 Å². The predicted octanol–water partition coefficient (Wildman–Crippen LogP) is 0.847. The van der Waals surface area contributed by atoms with Crippen molar-refractivity contribution in [3.63, 3.8) is 0 Å². The number of rotatable bonds is 6. The molecule has 0 fully saturated rings. The lowest BCUT2D eigenvalue weighted by Crippen LogP contribution is -2.49. The molecule has 134 valence electrons. The summed E-state index contributed by atoms with van der Waals surface area (Å²) >= 11 is 0. The number of likely N-dealkylation sites (N-methyl/N-ethyl adjacent to an activating group) is 1. The lowest BCUT2D eigenvalue weighted by atomic mass is 10.0. The first-order chi connectivity index (χ1) is 12.0. The van der Waals surface area contributed by atoms with Crippen LogP contribution in [0.25, 0.3) is 0 Å². The first-order valence-electron chi connectivity index (χ1n) is 8.45. The van der Waals surface area contributed by atoms with E-state index in [0.29, 0.717) is 26.3 Å². The number of hydrogen-bond acceptors (Lipinski definition) is 5. The second kappa shape index (κ2) is 7.76. The molecule has 7 heteroatoms. The van der Waals surface area contributed by atoms with Crippen LogP contribution in [0.2, 0.25) is 0 Å². The van der Waals surface area contributed by atoms with Crippen molar-refractivity contribution in [2.75, 3.05) is 27.2 Å². The summed E-state index contributed by atoms with van der Waals surface area (Å²) in [6, 6.07) is 5.78. The summed E-state index contributed by atoms with van der Waals surface area (Å²) < 4.78 is 7.91. The highest BCUT2D eigenvalue weighted by molar-refractivity contribution is 5.78. The van der Waals surface area contributed by atoms with Crippen LogP contribution in [0.1, 0.15) is 17.1 Å². The van der Waals surface area contributed by atoms with Crippen LogP contribution < -0.4 is 0 Å². The van der Waals surface area contributed by atoms with Gasteiger partial charge in [-0.05, 0) is 26.2 Å². The van der Waals surface area contributed by atoms with E-state index >= 15 is 0 Å². The van der Waals surface area contributed by atoms with Crippen molar-refractivity contribution in [3.05, 3.63) is 47.8 Å². The van der Waals surface area contributed by atoms with Crippen molar-refractivity contribution in [2.45, 2.75) is 25.6 Å². The minimum absolute atomic E-state index is 0.0130. The van der Waals surface area contributed by atoms with E-state index in [9.17, 15) is 4.79 Å². The second-order valence-corrected chi connectivity index (χ2v) is 6.70. The van der Waals surface area contributed by atoms with Crippen LogP contribution >= 0.6 is 0 Å². The monoisotopic (exact) mass is 343 g/mol. The van der Waals surface area contributed by atoms with Gasteiger partial charge >= 0.3 is 0 Å². The van der Waals surface area contributed by atoms with Gasteiger partial charge in [0.1, 0.15) is 0 Å². The van der Waals surface area contributed by atoms with Gasteiger partial charge in [-0.2, -0.15) is 0 Å². The Bertz CT molecular complexity index is 714. The molecule has 1 atom stereocenters. The zero-order valence-electron chi connectivity index (χ0n) is 15.1. The number of amides is 1. The van der Waals surface area contributed by atoms with E-state index in [1.165, 1.54) is 5.69 Å². The molecule has 0 saturated carbocycles. The average Bonchev–Trinajstić information content (AvgIpc) is 2.95. The number of fused-ring (bicyclic) bond motifs is 1. The zero-order chi connectivity index (χ0) is 17.8. The zero-order valence-corrected chi connectivity index (χ0v) is 15.1. The fourth-order valence-electron chi connectivity index (χ4n) is 3.11. The van der Waals surface area contributed by atoms with Gasteiger partial charge in [0.15, 0.2) is 0 Å². The summed E-state index contributed by atoms with van der Waals surface area (Å²) in [6.45, 7) is 1.87. The van der Waals surface area contributed by atoms with Gasteiger partial charge in [0, 0.05) is 25.4 Å². The summed E-state index contributed by atoms with van der Waals surface area (Å²) in [5, 5.41) is 0. The molecule has 2 aromatic rings. The van der Waals surface area contributed by atoms with Gasteiger partial charge in [-0.25, -0.2) is 4.98 Å². The van der Waals surface area contributed by atoms with Crippen LogP contribution in [0.15, 0.2) is 30.7 Å². The molecule has 0 N–H and O–H groups in total. The molecule has 2 aromatic heterocycles. The number of pyridine rings is 1. The maximum Gasteiger partial charge on any atom is 0.237 e. The Morgan fingerprint density at radius 2 is 2.20 bits per heavy atom. The number of aryl methyl sites for hydroxylation is 1. The maximum atomic E-state index is 12.7. The Morgan fingerprint density at radius 3 is 2.92 bits per heavy atom. The van der Waals surface area contributed by atoms with Gasteiger partial charge in [0.2, 0.25) is 5.91 Å². The number of carbonyl (C=O) groups is 1. The van der Waals surface area contributed by atoms with E-state index in [0.717, 1.165) is 17.8 Å². The number of carbonyl (C=O) groups excluding carboxylic acids is 1. The van der Waals surface area contributed by atoms with Crippen LogP contribution in [0.4, 0.5) is 0 Å². The molecular weight excluding hydrogens is 318 g/mol. The fourth-order valence-corrected chi connectivity index (χ4v) is 3.11. The number of hydrogen-bond donors (Lipinski definition) is 0. The van der Waals surface area contributed by atoms with E-state index < -0.39 is 0 Å². The van der Waals surface area contributed by atoms with Crippen molar-refractivity contribution in [2.24, 2.45) is 7.05 Å². The molecule has 3 heterocycles. The maximum absolute atomic E-state index is 12.7. The minimum Gasteiger partial charge on any atom is -0.373 e. The van der Waals surface area contributed by atoms with Crippen molar-refractivity contribution in [1.29, 1.82) is 0 Å². The Labute approximate surface area is 148 Å². The number of nitrogens with zero attached hydrogens (tertiary/aromatic N) is 5. The third-order valence-electron chi connectivity index (χ3n) is 4.39. The fraction of sp³-hybridized carbons (Fsp3) is 0.500. The quantitative estimate of drug-likeness (QED) is 0.778. The third-order valence-corrected chi connectivity index (χ3v) is 4.39. The van der Waals surface area contributed by atoms with E-state index in [4.69, 9.17) is 4.74 Å². The van der Waals surface area contributed by atoms with Crippen molar-refractivity contribution in [1.82, 2.24) is 24.3 Å². The molecule has 0 bridgehead atoms. The molecule has 1 aliphatic heterocycles. The highest BCUT2D eigenvalue weighted by Crippen LogP contribution is 2.23. The molecule has 0 spiro atoms. The van der Waals surface area contributed by atoms with Crippen molar-refractivity contribution in [3.8, 4) is 0 Å². The molecule has 3 rings (SSSR count). The topological polar surface area (TPSA) is 63.5 Å². The van der Waals surface area contributed by atoms with Gasteiger partial charge < -0.3 is 19.1 Å². The Morgan fingerprint density at radius 1 is 1.36 bits per heavy atom. The van der Waals surface area contributed by atoms with Crippen molar-refractivity contribution < 1.29 is 9.53 Å². The number of imidazole rings is 1. The van der Waals surface area contributed by atoms with E-state index in [-0.39, 0.29) is 11.9 Å². The minimum atomic E-state index is 0.0130. The average molecular weight is 343 g/mol. The number of ether oxygens (including phenoxy) is 1. The van der Waals surface area contributed by atoms with Gasteiger partial charge in [-0.1, -0.05) is 6.07 Å².